The lowest BCUT2D eigenvalue weighted by molar-refractivity contribution is 0.152. The number of aliphatic hydroxyl groups excluding tert-OH is 1. The van der Waals surface area contributed by atoms with Crippen molar-refractivity contribution in [2.75, 3.05) is 5.32 Å². The highest BCUT2D eigenvalue weighted by Crippen LogP contribution is 2.31. The van der Waals surface area contributed by atoms with Gasteiger partial charge in [0.05, 0.1) is 11.7 Å². The zero-order valence-corrected chi connectivity index (χ0v) is 10.3. The van der Waals surface area contributed by atoms with Gasteiger partial charge in [0, 0.05) is 11.9 Å². The number of hydrogen-bond donors (Lipinski definition) is 2. The number of aryl methyl sites for hydroxylation is 1. The van der Waals surface area contributed by atoms with Crippen LogP contribution >= 0.6 is 0 Å². The summed E-state index contributed by atoms with van der Waals surface area (Å²) >= 11 is 0. The molecule has 0 spiro atoms. The lowest BCUT2D eigenvalue weighted by atomic mass is 10.0. The van der Waals surface area contributed by atoms with Crippen LogP contribution in [-0.4, -0.2) is 16.1 Å². The second-order valence-corrected chi connectivity index (χ2v) is 4.82. The first-order valence-electron chi connectivity index (χ1n) is 6.19. The summed E-state index contributed by atoms with van der Waals surface area (Å²) in [5.74, 6) is 0. The molecule has 1 aliphatic rings. The molecule has 0 saturated carbocycles. The molecule has 2 N–H and O–H groups in total. The van der Waals surface area contributed by atoms with E-state index in [4.69, 9.17) is 0 Å². The predicted octanol–water partition coefficient (Wildman–Crippen LogP) is 2.46. The Morgan fingerprint density at radius 1 is 1.28 bits per heavy atom. The van der Waals surface area contributed by atoms with Gasteiger partial charge in [-0.25, -0.2) is 0 Å². The maximum absolute atomic E-state index is 10.4. The number of nitrogens with one attached hydrogen (secondary N) is 1. The molecule has 2 unspecified atom stereocenters. The molecule has 1 aliphatic heterocycles. The number of aromatic nitrogens is 1. The average molecular weight is 240 g/mol. The highest BCUT2D eigenvalue weighted by Gasteiger charge is 2.28. The summed E-state index contributed by atoms with van der Waals surface area (Å²) in [6, 6.07) is 12.1. The summed E-state index contributed by atoms with van der Waals surface area (Å²) in [6.45, 7) is 1.99. The van der Waals surface area contributed by atoms with E-state index in [0.29, 0.717) is 0 Å². The van der Waals surface area contributed by atoms with Gasteiger partial charge in [-0.3, -0.25) is 4.98 Å². The fraction of sp³-hybridized carbons (Fsp3) is 0.267. The van der Waals surface area contributed by atoms with Crippen molar-refractivity contribution >= 4 is 5.69 Å². The minimum absolute atomic E-state index is 0.0117. The molecule has 3 nitrogen and oxygen atoms in total. The summed E-state index contributed by atoms with van der Waals surface area (Å²) in [5, 5.41) is 13.7. The molecule has 92 valence electrons. The first-order chi connectivity index (χ1) is 8.74. The molecule has 0 bridgehead atoms. The van der Waals surface area contributed by atoms with Crippen molar-refractivity contribution < 1.29 is 5.11 Å². The first-order valence-corrected chi connectivity index (χ1v) is 6.19. The minimum atomic E-state index is -0.571. The molecular formula is C15H16N2O. The molecule has 0 amide bonds. The van der Waals surface area contributed by atoms with Gasteiger partial charge in [0.15, 0.2) is 0 Å². The molecule has 1 aromatic carbocycles. The summed E-state index contributed by atoms with van der Waals surface area (Å²) in [6.07, 6.45) is 2.06. The third kappa shape index (κ3) is 1.97. The van der Waals surface area contributed by atoms with Crippen LogP contribution in [0.5, 0.6) is 0 Å². The highest BCUT2D eigenvalue weighted by atomic mass is 16.3. The van der Waals surface area contributed by atoms with Crippen molar-refractivity contribution in [2.24, 2.45) is 0 Å². The molecule has 0 aliphatic carbocycles. The third-order valence-corrected chi connectivity index (χ3v) is 3.42. The quantitative estimate of drug-likeness (QED) is 0.847. The fourth-order valence-corrected chi connectivity index (χ4v) is 2.38. The van der Waals surface area contributed by atoms with Gasteiger partial charge in [-0.2, -0.15) is 0 Å². The molecular weight excluding hydrogens is 224 g/mol. The van der Waals surface area contributed by atoms with Crippen LogP contribution < -0.4 is 5.32 Å². The van der Waals surface area contributed by atoms with Crippen LogP contribution in [0.2, 0.25) is 0 Å². The van der Waals surface area contributed by atoms with Gasteiger partial charge in [-0.15, -0.1) is 0 Å². The Hall–Kier alpha value is -1.87. The molecule has 18 heavy (non-hydrogen) atoms. The molecule has 3 rings (SSSR count). The SMILES string of the molecule is Cc1ccc(C(O)C2Cc3ccccc3N2)nc1. The van der Waals surface area contributed by atoms with Gasteiger partial charge in [0.2, 0.25) is 0 Å². The molecule has 2 atom stereocenters. The monoisotopic (exact) mass is 240 g/mol. The number of fused-ring (bicyclic) bond motifs is 1. The summed E-state index contributed by atoms with van der Waals surface area (Å²) in [5.41, 5.74) is 4.21. The Labute approximate surface area is 107 Å². The molecule has 0 radical (unpaired) electrons. The van der Waals surface area contributed by atoms with E-state index in [-0.39, 0.29) is 6.04 Å². The predicted molar refractivity (Wildman–Crippen MR) is 71.5 cm³/mol. The van der Waals surface area contributed by atoms with E-state index >= 15 is 0 Å². The molecule has 3 heteroatoms. The molecule has 2 aromatic rings. The van der Waals surface area contributed by atoms with Crippen LogP contribution in [0.25, 0.3) is 0 Å². The van der Waals surface area contributed by atoms with E-state index < -0.39 is 6.10 Å². The Morgan fingerprint density at radius 2 is 2.11 bits per heavy atom. The van der Waals surface area contributed by atoms with Crippen molar-refractivity contribution in [3.63, 3.8) is 0 Å². The van der Waals surface area contributed by atoms with Gasteiger partial charge in [0.1, 0.15) is 6.10 Å². The van der Waals surface area contributed by atoms with Crippen molar-refractivity contribution in [3.05, 3.63) is 59.4 Å². The van der Waals surface area contributed by atoms with Crippen LogP contribution in [0.1, 0.15) is 22.9 Å². The third-order valence-electron chi connectivity index (χ3n) is 3.42. The number of aliphatic hydroxyl groups is 1. The highest BCUT2D eigenvalue weighted by molar-refractivity contribution is 5.57. The standard InChI is InChI=1S/C15H16N2O/c1-10-6-7-13(16-9-10)15(18)14-8-11-4-2-3-5-12(11)17-14/h2-7,9,14-15,17-18H,8H2,1H3. The smallest absolute Gasteiger partial charge is 0.116 e. The number of pyridine rings is 1. The zero-order chi connectivity index (χ0) is 12.5. The molecule has 2 heterocycles. The Balaban J connectivity index is 1.80. The molecule has 0 saturated heterocycles. The summed E-state index contributed by atoms with van der Waals surface area (Å²) in [7, 11) is 0. The summed E-state index contributed by atoms with van der Waals surface area (Å²) in [4.78, 5) is 4.30. The van der Waals surface area contributed by atoms with Crippen LogP contribution in [-0.2, 0) is 6.42 Å². The van der Waals surface area contributed by atoms with Crippen molar-refractivity contribution in [3.8, 4) is 0 Å². The Kier molecular flexibility index (Phi) is 2.76. The largest absolute Gasteiger partial charge is 0.385 e. The van der Waals surface area contributed by atoms with E-state index in [1.165, 1.54) is 5.56 Å². The fourth-order valence-electron chi connectivity index (χ4n) is 2.38. The van der Waals surface area contributed by atoms with Crippen LogP contribution in [0, 0.1) is 6.92 Å². The second kappa shape index (κ2) is 4.42. The van der Waals surface area contributed by atoms with E-state index in [1.54, 1.807) is 6.20 Å². The second-order valence-electron chi connectivity index (χ2n) is 4.82. The lowest BCUT2D eigenvalue weighted by Gasteiger charge is -2.18. The van der Waals surface area contributed by atoms with E-state index in [0.717, 1.165) is 23.4 Å². The van der Waals surface area contributed by atoms with E-state index in [1.807, 2.05) is 37.3 Å². The first kappa shape index (κ1) is 11.2. The number of anilines is 1. The van der Waals surface area contributed by atoms with Crippen LogP contribution in [0.3, 0.4) is 0 Å². The topological polar surface area (TPSA) is 45.1 Å². The average Bonchev–Trinajstić information content (AvgIpc) is 2.82. The van der Waals surface area contributed by atoms with Gasteiger partial charge >= 0.3 is 0 Å². The van der Waals surface area contributed by atoms with Gasteiger partial charge < -0.3 is 10.4 Å². The number of benzene rings is 1. The number of hydrogen-bond acceptors (Lipinski definition) is 3. The Bertz CT molecular complexity index is 526. The van der Waals surface area contributed by atoms with Gasteiger partial charge in [-0.05, 0) is 36.6 Å². The molecule has 0 fully saturated rings. The molecule has 1 aromatic heterocycles. The van der Waals surface area contributed by atoms with E-state index in [2.05, 4.69) is 16.4 Å². The maximum atomic E-state index is 10.4. The number of rotatable bonds is 2. The van der Waals surface area contributed by atoms with Crippen LogP contribution in [0.4, 0.5) is 5.69 Å². The summed E-state index contributed by atoms with van der Waals surface area (Å²) < 4.78 is 0. The van der Waals surface area contributed by atoms with Crippen molar-refractivity contribution in [2.45, 2.75) is 25.5 Å². The van der Waals surface area contributed by atoms with Gasteiger partial charge in [0.25, 0.3) is 0 Å². The normalized spacial score (nSPS) is 19.1. The number of nitrogens with zero attached hydrogens (tertiary/aromatic N) is 1. The minimum Gasteiger partial charge on any atom is -0.385 e. The maximum Gasteiger partial charge on any atom is 0.116 e. The Morgan fingerprint density at radius 3 is 2.83 bits per heavy atom. The van der Waals surface area contributed by atoms with Gasteiger partial charge in [-0.1, -0.05) is 24.3 Å². The van der Waals surface area contributed by atoms with E-state index in [9.17, 15) is 5.11 Å². The van der Waals surface area contributed by atoms with Crippen molar-refractivity contribution in [1.82, 2.24) is 4.98 Å². The number of para-hydroxylation sites is 1. The van der Waals surface area contributed by atoms with Crippen molar-refractivity contribution in [1.29, 1.82) is 0 Å². The zero-order valence-electron chi connectivity index (χ0n) is 10.3. The lowest BCUT2D eigenvalue weighted by Crippen LogP contribution is -2.25. The van der Waals surface area contributed by atoms with Crippen LogP contribution in [0.15, 0.2) is 42.6 Å².